The van der Waals surface area contributed by atoms with E-state index in [1.165, 1.54) is 0 Å². The Balaban J connectivity index is 1.94. The Morgan fingerprint density at radius 2 is 2.23 bits per heavy atom. The summed E-state index contributed by atoms with van der Waals surface area (Å²) in [6.07, 6.45) is 3.51. The van der Waals surface area contributed by atoms with Crippen molar-refractivity contribution >= 4 is 5.91 Å². The van der Waals surface area contributed by atoms with E-state index in [2.05, 4.69) is 20.4 Å². The SMILES string of the molecule is COCc1nc(CNC(=O)[C@@H](C)n2ccnc2C(C)C)no1. The van der Waals surface area contributed by atoms with Crippen LogP contribution in [0.15, 0.2) is 16.9 Å². The first-order valence-electron chi connectivity index (χ1n) is 7.13. The number of methoxy groups -OCH3 is 1. The lowest BCUT2D eigenvalue weighted by Crippen LogP contribution is -2.31. The van der Waals surface area contributed by atoms with Crippen molar-refractivity contribution in [2.75, 3.05) is 7.11 Å². The van der Waals surface area contributed by atoms with Gasteiger partial charge in [0, 0.05) is 25.4 Å². The fourth-order valence-corrected chi connectivity index (χ4v) is 2.08. The highest BCUT2D eigenvalue weighted by Gasteiger charge is 2.19. The standard InChI is InChI=1S/C14H21N5O3/c1-9(2)13-15-5-6-19(13)10(3)14(20)16-7-11-17-12(8-21-4)22-18-11/h5-6,9-10H,7-8H2,1-4H3,(H,16,20)/t10-/m1/s1. The van der Waals surface area contributed by atoms with E-state index >= 15 is 0 Å². The van der Waals surface area contributed by atoms with Gasteiger partial charge in [-0.1, -0.05) is 19.0 Å². The number of nitrogens with zero attached hydrogens (tertiary/aromatic N) is 4. The maximum atomic E-state index is 12.3. The predicted octanol–water partition coefficient (Wildman–Crippen LogP) is 1.41. The number of ether oxygens (including phenoxy) is 1. The second-order valence-corrected chi connectivity index (χ2v) is 5.28. The molecule has 0 aliphatic heterocycles. The lowest BCUT2D eigenvalue weighted by Gasteiger charge is -2.17. The van der Waals surface area contributed by atoms with Gasteiger partial charge in [0.2, 0.25) is 5.91 Å². The maximum Gasteiger partial charge on any atom is 0.252 e. The highest BCUT2D eigenvalue weighted by atomic mass is 16.5. The van der Waals surface area contributed by atoms with Crippen LogP contribution < -0.4 is 5.32 Å². The summed E-state index contributed by atoms with van der Waals surface area (Å²) in [5, 5.41) is 6.57. The molecule has 2 heterocycles. The van der Waals surface area contributed by atoms with Gasteiger partial charge in [0.25, 0.3) is 5.89 Å². The Kier molecular flexibility index (Phi) is 5.26. The van der Waals surface area contributed by atoms with Crippen molar-refractivity contribution in [3.8, 4) is 0 Å². The number of amides is 1. The zero-order valence-electron chi connectivity index (χ0n) is 13.2. The zero-order valence-corrected chi connectivity index (χ0v) is 13.2. The fraction of sp³-hybridized carbons (Fsp3) is 0.571. The van der Waals surface area contributed by atoms with Crippen LogP contribution in [0.1, 0.15) is 50.3 Å². The molecule has 0 aromatic carbocycles. The Morgan fingerprint density at radius 1 is 1.45 bits per heavy atom. The molecule has 0 saturated carbocycles. The van der Waals surface area contributed by atoms with Gasteiger partial charge in [0.15, 0.2) is 5.82 Å². The minimum absolute atomic E-state index is 0.127. The lowest BCUT2D eigenvalue weighted by atomic mass is 10.2. The monoisotopic (exact) mass is 307 g/mol. The zero-order chi connectivity index (χ0) is 16.1. The summed E-state index contributed by atoms with van der Waals surface area (Å²) in [6.45, 7) is 6.38. The molecule has 0 saturated heterocycles. The van der Waals surface area contributed by atoms with Crippen molar-refractivity contribution in [3.63, 3.8) is 0 Å². The van der Waals surface area contributed by atoms with E-state index in [1.54, 1.807) is 13.3 Å². The van der Waals surface area contributed by atoms with Gasteiger partial charge in [-0.05, 0) is 6.92 Å². The number of carbonyl (C=O) groups is 1. The van der Waals surface area contributed by atoms with Crippen LogP contribution in [0.2, 0.25) is 0 Å². The summed E-state index contributed by atoms with van der Waals surface area (Å²) in [7, 11) is 1.55. The molecule has 1 N–H and O–H groups in total. The lowest BCUT2D eigenvalue weighted by molar-refractivity contribution is -0.124. The van der Waals surface area contributed by atoms with E-state index in [1.807, 2.05) is 31.5 Å². The third-order valence-electron chi connectivity index (χ3n) is 3.21. The molecule has 0 fully saturated rings. The van der Waals surface area contributed by atoms with Crippen molar-refractivity contribution in [1.29, 1.82) is 0 Å². The molecule has 0 aliphatic rings. The highest BCUT2D eigenvalue weighted by Crippen LogP contribution is 2.17. The molecule has 22 heavy (non-hydrogen) atoms. The molecule has 8 nitrogen and oxygen atoms in total. The third kappa shape index (κ3) is 3.70. The average Bonchev–Trinajstić information content (AvgIpc) is 3.13. The Morgan fingerprint density at radius 3 is 2.91 bits per heavy atom. The number of imidazole rings is 1. The van der Waals surface area contributed by atoms with Crippen molar-refractivity contribution in [2.24, 2.45) is 0 Å². The molecular weight excluding hydrogens is 286 g/mol. The van der Waals surface area contributed by atoms with Crippen LogP contribution in [0, 0.1) is 0 Å². The molecule has 1 atom stereocenters. The van der Waals surface area contributed by atoms with E-state index in [9.17, 15) is 4.79 Å². The van der Waals surface area contributed by atoms with Crippen LogP contribution in [0.3, 0.4) is 0 Å². The maximum absolute atomic E-state index is 12.3. The van der Waals surface area contributed by atoms with Crippen LogP contribution in [0.5, 0.6) is 0 Å². The first kappa shape index (κ1) is 16.2. The smallest absolute Gasteiger partial charge is 0.252 e. The van der Waals surface area contributed by atoms with E-state index in [0.29, 0.717) is 11.7 Å². The van der Waals surface area contributed by atoms with E-state index in [-0.39, 0.29) is 31.0 Å². The molecule has 0 radical (unpaired) electrons. The Labute approximate surface area is 128 Å². The molecule has 8 heteroatoms. The second kappa shape index (κ2) is 7.17. The van der Waals surface area contributed by atoms with Gasteiger partial charge in [0.05, 0.1) is 6.54 Å². The molecule has 120 valence electrons. The van der Waals surface area contributed by atoms with Crippen molar-refractivity contribution < 1.29 is 14.1 Å². The van der Waals surface area contributed by atoms with Gasteiger partial charge in [-0.25, -0.2) is 4.98 Å². The number of hydrogen-bond acceptors (Lipinski definition) is 6. The summed E-state index contributed by atoms with van der Waals surface area (Å²) in [6, 6.07) is -0.356. The minimum Gasteiger partial charge on any atom is -0.375 e. The van der Waals surface area contributed by atoms with E-state index < -0.39 is 0 Å². The van der Waals surface area contributed by atoms with Crippen LogP contribution in [-0.4, -0.2) is 32.7 Å². The average molecular weight is 307 g/mol. The molecule has 2 aromatic rings. The summed E-state index contributed by atoms with van der Waals surface area (Å²) >= 11 is 0. The molecule has 0 aliphatic carbocycles. The van der Waals surface area contributed by atoms with Crippen molar-refractivity contribution in [3.05, 3.63) is 29.9 Å². The first-order chi connectivity index (χ1) is 10.5. The Hall–Kier alpha value is -2.22. The summed E-state index contributed by atoms with van der Waals surface area (Å²) in [4.78, 5) is 20.6. The summed E-state index contributed by atoms with van der Waals surface area (Å²) < 4.78 is 11.7. The molecule has 0 spiro atoms. The van der Waals surface area contributed by atoms with Gasteiger partial charge >= 0.3 is 0 Å². The number of nitrogens with one attached hydrogen (secondary N) is 1. The van der Waals surface area contributed by atoms with Crippen LogP contribution in [0.25, 0.3) is 0 Å². The third-order valence-corrected chi connectivity index (χ3v) is 3.21. The fourth-order valence-electron chi connectivity index (χ4n) is 2.08. The number of aromatic nitrogens is 4. The summed E-state index contributed by atoms with van der Waals surface area (Å²) in [5.74, 6) is 1.81. The number of hydrogen-bond donors (Lipinski definition) is 1. The molecular formula is C14H21N5O3. The molecule has 0 bridgehead atoms. The first-order valence-corrected chi connectivity index (χ1v) is 7.13. The van der Waals surface area contributed by atoms with E-state index in [4.69, 9.17) is 9.26 Å². The number of rotatable bonds is 7. The second-order valence-electron chi connectivity index (χ2n) is 5.28. The molecule has 0 unspecified atom stereocenters. The topological polar surface area (TPSA) is 95.1 Å². The van der Waals surface area contributed by atoms with Gasteiger partial charge in [-0.3, -0.25) is 4.79 Å². The normalized spacial score (nSPS) is 12.6. The largest absolute Gasteiger partial charge is 0.375 e. The highest BCUT2D eigenvalue weighted by molar-refractivity contribution is 5.79. The Bertz CT molecular complexity index is 620. The molecule has 2 rings (SSSR count). The minimum atomic E-state index is -0.356. The molecule has 1 amide bonds. The van der Waals surface area contributed by atoms with E-state index in [0.717, 1.165) is 5.82 Å². The van der Waals surface area contributed by atoms with Crippen LogP contribution in [0.4, 0.5) is 0 Å². The van der Waals surface area contributed by atoms with Gasteiger partial charge in [-0.15, -0.1) is 0 Å². The summed E-state index contributed by atoms with van der Waals surface area (Å²) in [5.41, 5.74) is 0. The molecule has 2 aromatic heterocycles. The van der Waals surface area contributed by atoms with Crippen LogP contribution >= 0.6 is 0 Å². The van der Waals surface area contributed by atoms with Crippen LogP contribution in [-0.2, 0) is 22.7 Å². The number of carbonyl (C=O) groups excluding carboxylic acids is 1. The van der Waals surface area contributed by atoms with Crippen molar-refractivity contribution in [2.45, 2.75) is 45.9 Å². The predicted molar refractivity (Wildman–Crippen MR) is 77.9 cm³/mol. The quantitative estimate of drug-likeness (QED) is 0.831. The van der Waals surface area contributed by atoms with Crippen molar-refractivity contribution in [1.82, 2.24) is 25.0 Å². The van der Waals surface area contributed by atoms with Gasteiger partial charge in [0.1, 0.15) is 18.5 Å². The van der Waals surface area contributed by atoms with Gasteiger partial charge in [-0.2, -0.15) is 4.98 Å². The van der Waals surface area contributed by atoms with Gasteiger partial charge < -0.3 is 19.1 Å².